The molecule has 2 atom stereocenters. The van der Waals surface area contributed by atoms with Crippen LogP contribution in [0.1, 0.15) is 57.1 Å². The van der Waals surface area contributed by atoms with Gasteiger partial charge in [-0.3, -0.25) is 0 Å². The standard InChI is InChI=1S/C18H28ClN/c1-13(2)15-5-4-9-18(20,10-8-15)12-16-7-6-14(3)11-17(16)19/h6-7,11,13,15H,4-5,8-10,12,20H2,1-3H3. The van der Waals surface area contributed by atoms with Crippen molar-refractivity contribution in [2.45, 2.75) is 64.8 Å². The lowest BCUT2D eigenvalue weighted by Gasteiger charge is -2.29. The minimum atomic E-state index is -0.0669. The van der Waals surface area contributed by atoms with E-state index >= 15 is 0 Å². The van der Waals surface area contributed by atoms with E-state index in [4.69, 9.17) is 17.3 Å². The zero-order valence-electron chi connectivity index (χ0n) is 13.1. The maximum atomic E-state index is 6.70. The van der Waals surface area contributed by atoms with Crippen molar-refractivity contribution in [1.82, 2.24) is 0 Å². The molecule has 2 unspecified atom stereocenters. The average molecular weight is 294 g/mol. The molecule has 0 heterocycles. The Morgan fingerprint density at radius 2 is 2.05 bits per heavy atom. The molecule has 0 saturated heterocycles. The fourth-order valence-electron chi connectivity index (χ4n) is 3.48. The number of hydrogen-bond acceptors (Lipinski definition) is 1. The summed E-state index contributed by atoms with van der Waals surface area (Å²) in [6.07, 6.45) is 7.01. The molecule has 1 aromatic rings. The molecule has 2 N–H and O–H groups in total. The molecule has 20 heavy (non-hydrogen) atoms. The van der Waals surface area contributed by atoms with Gasteiger partial charge in [0.25, 0.3) is 0 Å². The molecule has 2 rings (SSSR count). The number of halogens is 1. The van der Waals surface area contributed by atoms with Crippen LogP contribution >= 0.6 is 11.6 Å². The summed E-state index contributed by atoms with van der Waals surface area (Å²) in [6.45, 7) is 6.75. The maximum absolute atomic E-state index is 6.70. The van der Waals surface area contributed by atoms with Gasteiger partial charge >= 0.3 is 0 Å². The molecular formula is C18H28ClN. The van der Waals surface area contributed by atoms with E-state index in [1.807, 2.05) is 6.07 Å². The number of aryl methyl sites for hydroxylation is 1. The van der Waals surface area contributed by atoms with Crippen LogP contribution in [0.2, 0.25) is 5.02 Å². The fourth-order valence-corrected chi connectivity index (χ4v) is 3.78. The Balaban J connectivity index is 2.07. The summed E-state index contributed by atoms with van der Waals surface area (Å²) in [5.41, 5.74) is 9.06. The number of rotatable bonds is 3. The van der Waals surface area contributed by atoms with E-state index in [1.165, 1.54) is 30.4 Å². The molecule has 0 radical (unpaired) electrons. The quantitative estimate of drug-likeness (QED) is 0.769. The molecule has 1 aliphatic rings. The maximum Gasteiger partial charge on any atom is 0.0441 e. The highest BCUT2D eigenvalue weighted by Crippen LogP contribution is 2.35. The smallest absolute Gasteiger partial charge is 0.0441 e. The van der Waals surface area contributed by atoms with Gasteiger partial charge in [-0.2, -0.15) is 0 Å². The first-order chi connectivity index (χ1) is 9.39. The van der Waals surface area contributed by atoms with Crippen LogP contribution in [0.3, 0.4) is 0 Å². The van der Waals surface area contributed by atoms with Gasteiger partial charge in [0.15, 0.2) is 0 Å². The number of nitrogens with two attached hydrogens (primary N) is 1. The summed E-state index contributed by atoms with van der Waals surface area (Å²) in [4.78, 5) is 0. The third-order valence-electron chi connectivity index (χ3n) is 4.96. The summed E-state index contributed by atoms with van der Waals surface area (Å²) in [7, 11) is 0. The van der Waals surface area contributed by atoms with E-state index in [9.17, 15) is 0 Å². The summed E-state index contributed by atoms with van der Waals surface area (Å²) >= 11 is 6.38. The van der Waals surface area contributed by atoms with E-state index in [2.05, 4.69) is 32.9 Å². The van der Waals surface area contributed by atoms with Crippen LogP contribution in [-0.2, 0) is 6.42 Å². The van der Waals surface area contributed by atoms with E-state index in [0.29, 0.717) is 0 Å². The predicted octanol–water partition coefficient (Wildman–Crippen LogP) is 5.12. The van der Waals surface area contributed by atoms with Gasteiger partial charge in [0.2, 0.25) is 0 Å². The summed E-state index contributed by atoms with van der Waals surface area (Å²) < 4.78 is 0. The van der Waals surface area contributed by atoms with Crippen molar-refractivity contribution in [1.29, 1.82) is 0 Å². The number of benzene rings is 1. The van der Waals surface area contributed by atoms with Crippen molar-refractivity contribution in [3.8, 4) is 0 Å². The second kappa shape index (κ2) is 6.49. The van der Waals surface area contributed by atoms with E-state index in [0.717, 1.165) is 36.1 Å². The summed E-state index contributed by atoms with van der Waals surface area (Å²) in [6, 6.07) is 6.34. The Morgan fingerprint density at radius 1 is 1.30 bits per heavy atom. The highest BCUT2D eigenvalue weighted by atomic mass is 35.5. The lowest BCUT2D eigenvalue weighted by atomic mass is 9.83. The van der Waals surface area contributed by atoms with Crippen molar-refractivity contribution in [3.63, 3.8) is 0 Å². The van der Waals surface area contributed by atoms with Crippen molar-refractivity contribution in [2.24, 2.45) is 17.6 Å². The molecule has 1 nitrogen and oxygen atoms in total. The van der Waals surface area contributed by atoms with Gasteiger partial charge in [-0.15, -0.1) is 0 Å². The Bertz CT molecular complexity index is 455. The third-order valence-corrected chi connectivity index (χ3v) is 5.31. The van der Waals surface area contributed by atoms with Gasteiger partial charge < -0.3 is 5.73 Å². The predicted molar refractivity (Wildman–Crippen MR) is 88.2 cm³/mol. The SMILES string of the molecule is Cc1ccc(CC2(N)CCCC(C(C)C)CC2)c(Cl)c1. The van der Waals surface area contributed by atoms with Crippen LogP contribution in [-0.4, -0.2) is 5.54 Å². The molecule has 1 aromatic carbocycles. The first kappa shape index (κ1) is 15.9. The van der Waals surface area contributed by atoms with E-state index < -0.39 is 0 Å². The fraction of sp³-hybridized carbons (Fsp3) is 0.667. The molecule has 2 heteroatoms. The van der Waals surface area contributed by atoms with Gasteiger partial charge in [0, 0.05) is 10.6 Å². The van der Waals surface area contributed by atoms with E-state index in [-0.39, 0.29) is 5.54 Å². The van der Waals surface area contributed by atoms with Crippen molar-refractivity contribution in [2.75, 3.05) is 0 Å². The molecular weight excluding hydrogens is 266 g/mol. The molecule has 1 fully saturated rings. The summed E-state index contributed by atoms with van der Waals surface area (Å²) in [5.74, 6) is 1.62. The van der Waals surface area contributed by atoms with Crippen LogP contribution in [0.15, 0.2) is 18.2 Å². The van der Waals surface area contributed by atoms with Crippen LogP contribution in [0.25, 0.3) is 0 Å². The monoisotopic (exact) mass is 293 g/mol. The van der Waals surface area contributed by atoms with Gasteiger partial charge in [0.1, 0.15) is 0 Å². The topological polar surface area (TPSA) is 26.0 Å². The first-order valence-electron chi connectivity index (χ1n) is 7.93. The second-order valence-electron chi connectivity index (χ2n) is 7.07. The molecule has 0 bridgehead atoms. The normalized spacial score (nSPS) is 27.6. The summed E-state index contributed by atoms with van der Waals surface area (Å²) in [5, 5.41) is 0.875. The van der Waals surface area contributed by atoms with Crippen molar-refractivity contribution < 1.29 is 0 Å². The van der Waals surface area contributed by atoms with Gasteiger partial charge in [-0.05, 0) is 61.6 Å². The first-order valence-corrected chi connectivity index (χ1v) is 8.31. The van der Waals surface area contributed by atoms with Gasteiger partial charge in [-0.25, -0.2) is 0 Å². The lowest BCUT2D eigenvalue weighted by Crippen LogP contribution is -2.41. The van der Waals surface area contributed by atoms with Crippen LogP contribution in [0.4, 0.5) is 0 Å². The second-order valence-corrected chi connectivity index (χ2v) is 7.48. The molecule has 0 spiro atoms. The van der Waals surface area contributed by atoms with Crippen molar-refractivity contribution >= 4 is 11.6 Å². The highest BCUT2D eigenvalue weighted by molar-refractivity contribution is 6.31. The molecule has 0 aromatic heterocycles. The Kier molecular flexibility index (Phi) is 5.14. The van der Waals surface area contributed by atoms with Gasteiger partial charge in [-0.1, -0.05) is 50.4 Å². The Labute approximate surface area is 128 Å². The van der Waals surface area contributed by atoms with Crippen LogP contribution < -0.4 is 5.73 Å². The largest absolute Gasteiger partial charge is 0.325 e. The van der Waals surface area contributed by atoms with E-state index in [1.54, 1.807) is 0 Å². The highest BCUT2D eigenvalue weighted by Gasteiger charge is 2.30. The van der Waals surface area contributed by atoms with Crippen LogP contribution in [0.5, 0.6) is 0 Å². The Morgan fingerprint density at radius 3 is 2.70 bits per heavy atom. The average Bonchev–Trinajstić information content (AvgIpc) is 2.55. The minimum Gasteiger partial charge on any atom is -0.325 e. The zero-order chi connectivity index (χ0) is 14.8. The molecule has 0 aliphatic heterocycles. The molecule has 112 valence electrons. The molecule has 1 saturated carbocycles. The van der Waals surface area contributed by atoms with Crippen LogP contribution in [0, 0.1) is 18.8 Å². The third kappa shape index (κ3) is 3.99. The minimum absolute atomic E-state index is 0.0669. The Hall–Kier alpha value is -0.530. The van der Waals surface area contributed by atoms with Gasteiger partial charge in [0.05, 0.1) is 0 Å². The molecule has 0 amide bonds. The molecule has 1 aliphatic carbocycles. The lowest BCUT2D eigenvalue weighted by molar-refractivity contribution is 0.322. The number of hydrogen-bond donors (Lipinski definition) is 1. The van der Waals surface area contributed by atoms with Crippen molar-refractivity contribution in [3.05, 3.63) is 34.3 Å². The zero-order valence-corrected chi connectivity index (χ0v) is 13.8.